The summed E-state index contributed by atoms with van der Waals surface area (Å²) < 4.78 is 5.84. The van der Waals surface area contributed by atoms with E-state index in [0.717, 1.165) is 50.7 Å². The van der Waals surface area contributed by atoms with E-state index in [1.165, 1.54) is 0 Å². The van der Waals surface area contributed by atoms with Crippen LogP contribution in [0.3, 0.4) is 0 Å². The van der Waals surface area contributed by atoms with Crippen LogP contribution >= 0.6 is 35.6 Å². The summed E-state index contributed by atoms with van der Waals surface area (Å²) in [5.74, 6) is 1.83. The number of amides is 1. The van der Waals surface area contributed by atoms with E-state index in [9.17, 15) is 4.79 Å². The molecule has 1 aliphatic rings. The average molecular weight is 509 g/mol. The molecule has 0 bridgehead atoms. The summed E-state index contributed by atoms with van der Waals surface area (Å²) in [5, 5.41) is 7.24. The first-order valence-electron chi connectivity index (χ1n) is 9.30. The lowest BCUT2D eigenvalue weighted by Crippen LogP contribution is -2.39. The lowest BCUT2D eigenvalue weighted by atomic mass is 10.3. The molecule has 1 aromatic rings. The van der Waals surface area contributed by atoms with Crippen LogP contribution in [0.25, 0.3) is 0 Å². The van der Waals surface area contributed by atoms with Gasteiger partial charge in [0.15, 0.2) is 5.96 Å². The summed E-state index contributed by atoms with van der Waals surface area (Å²) >= 11 is 5.88. The molecule has 0 spiro atoms. The molecule has 2 rings (SSSR count). The van der Waals surface area contributed by atoms with Crippen LogP contribution in [0.1, 0.15) is 33.1 Å². The highest BCUT2D eigenvalue weighted by molar-refractivity contribution is 14.0. The summed E-state index contributed by atoms with van der Waals surface area (Å²) in [6, 6.07) is 7.32. The van der Waals surface area contributed by atoms with Gasteiger partial charge in [-0.3, -0.25) is 4.79 Å². The Hall–Kier alpha value is -1.22. The van der Waals surface area contributed by atoms with Gasteiger partial charge in [-0.25, -0.2) is 4.99 Å². The standard InChI is InChI=1S/C19H29ClN4O2.HI/c1-3-21-19(22-11-5-13-24-12-4-6-18(24)25)23-14-15(2)26-17-9-7-16(20)8-10-17;/h7-10,15H,3-6,11-14H2,1-2H3,(H2,21,22,23);1H. The highest BCUT2D eigenvalue weighted by Gasteiger charge is 2.18. The monoisotopic (exact) mass is 508 g/mol. The molecule has 1 amide bonds. The van der Waals surface area contributed by atoms with Crippen molar-refractivity contribution < 1.29 is 9.53 Å². The van der Waals surface area contributed by atoms with Crippen molar-refractivity contribution in [2.75, 3.05) is 32.7 Å². The predicted octanol–water partition coefficient (Wildman–Crippen LogP) is 3.29. The molecular formula is C19H30ClIN4O2. The number of hydrogen-bond acceptors (Lipinski definition) is 3. The van der Waals surface area contributed by atoms with Crippen molar-refractivity contribution in [1.29, 1.82) is 0 Å². The molecule has 0 aromatic heterocycles. The van der Waals surface area contributed by atoms with E-state index < -0.39 is 0 Å². The number of ether oxygens (including phenoxy) is 1. The van der Waals surface area contributed by atoms with E-state index in [1.807, 2.05) is 43.0 Å². The van der Waals surface area contributed by atoms with Crippen molar-refractivity contribution in [3.05, 3.63) is 29.3 Å². The molecule has 1 aromatic carbocycles. The van der Waals surface area contributed by atoms with Gasteiger partial charge in [0.05, 0.1) is 6.54 Å². The van der Waals surface area contributed by atoms with Crippen molar-refractivity contribution in [2.45, 2.75) is 39.2 Å². The number of aliphatic imine (C=N–C) groups is 1. The fraction of sp³-hybridized carbons (Fsp3) is 0.579. The summed E-state index contributed by atoms with van der Waals surface area (Å²) in [5.41, 5.74) is 0. The van der Waals surface area contributed by atoms with Gasteiger partial charge in [0.2, 0.25) is 5.91 Å². The van der Waals surface area contributed by atoms with Crippen LogP contribution in [0.4, 0.5) is 0 Å². The number of guanidine groups is 1. The topological polar surface area (TPSA) is 66.0 Å². The van der Waals surface area contributed by atoms with Gasteiger partial charge < -0.3 is 20.3 Å². The number of rotatable bonds is 9. The molecule has 8 heteroatoms. The van der Waals surface area contributed by atoms with Crippen molar-refractivity contribution in [1.82, 2.24) is 15.5 Å². The minimum atomic E-state index is -0.0474. The predicted molar refractivity (Wildman–Crippen MR) is 121 cm³/mol. The van der Waals surface area contributed by atoms with Crippen LogP contribution in [-0.2, 0) is 4.79 Å². The molecule has 0 radical (unpaired) electrons. The first kappa shape index (κ1) is 23.8. The maximum absolute atomic E-state index is 11.6. The van der Waals surface area contributed by atoms with E-state index in [-0.39, 0.29) is 36.0 Å². The first-order chi connectivity index (χ1) is 12.6. The molecule has 1 heterocycles. The second kappa shape index (κ2) is 13.0. The van der Waals surface area contributed by atoms with Crippen molar-refractivity contribution in [3.8, 4) is 5.75 Å². The lowest BCUT2D eigenvalue weighted by Gasteiger charge is -2.17. The van der Waals surface area contributed by atoms with Gasteiger partial charge in [0.25, 0.3) is 0 Å². The molecule has 0 saturated carbocycles. The normalized spacial score (nSPS) is 15.3. The van der Waals surface area contributed by atoms with E-state index in [2.05, 4.69) is 15.6 Å². The number of halogens is 2. The minimum Gasteiger partial charge on any atom is -0.489 e. The third-order valence-corrected chi connectivity index (χ3v) is 4.32. The Morgan fingerprint density at radius 2 is 2.07 bits per heavy atom. The molecule has 6 nitrogen and oxygen atoms in total. The summed E-state index contributed by atoms with van der Waals surface area (Å²) in [4.78, 5) is 18.1. The second-order valence-corrected chi connectivity index (χ2v) is 6.80. The maximum Gasteiger partial charge on any atom is 0.222 e. The highest BCUT2D eigenvalue weighted by Crippen LogP contribution is 2.16. The molecule has 152 valence electrons. The highest BCUT2D eigenvalue weighted by atomic mass is 127. The van der Waals surface area contributed by atoms with Crippen molar-refractivity contribution in [3.63, 3.8) is 0 Å². The second-order valence-electron chi connectivity index (χ2n) is 6.37. The molecule has 1 fully saturated rings. The van der Waals surface area contributed by atoms with Gasteiger partial charge in [-0.1, -0.05) is 11.6 Å². The van der Waals surface area contributed by atoms with Gasteiger partial charge in [-0.05, 0) is 51.0 Å². The third-order valence-electron chi connectivity index (χ3n) is 4.07. The van der Waals surface area contributed by atoms with Crippen LogP contribution in [0.15, 0.2) is 29.3 Å². The fourth-order valence-electron chi connectivity index (χ4n) is 2.76. The van der Waals surface area contributed by atoms with E-state index in [0.29, 0.717) is 18.0 Å². The van der Waals surface area contributed by atoms with Crippen LogP contribution in [0.2, 0.25) is 5.02 Å². The zero-order valence-corrected chi connectivity index (χ0v) is 19.1. The van der Waals surface area contributed by atoms with Gasteiger partial charge in [0.1, 0.15) is 11.9 Å². The number of nitrogens with one attached hydrogen (secondary N) is 2. The molecule has 1 aliphatic heterocycles. The van der Waals surface area contributed by atoms with Gasteiger partial charge in [-0.2, -0.15) is 0 Å². The lowest BCUT2D eigenvalue weighted by molar-refractivity contribution is -0.127. The number of carbonyl (C=O) groups excluding carboxylic acids is 1. The quantitative estimate of drug-likeness (QED) is 0.233. The Morgan fingerprint density at radius 1 is 1.33 bits per heavy atom. The number of nitrogens with zero attached hydrogens (tertiary/aromatic N) is 2. The Labute approximate surface area is 184 Å². The van der Waals surface area contributed by atoms with Crippen molar-refractivity contribution >= 4 is 47.4 Å². The van der Waals surface area contributed by atoms with Crippen molar-refractivity contribution in [2.24, 2.45) is 4.99 Å². The van der Waals surface area contributed by atoms with E-state index >= 15 is 0 Å². The number of carbonyl (C=O) groups is 1. The van der Waals surface area contributed by atoms with E-state index in [4.69, 9.17) is 16.3 Å². The zero-order valence-electron chi connectivity index (χ0n) is 16.0. The molecule has 1 saturated heterocycles. The molecule has 1 atom stereocenters. The first-order valence-corrected chi connectivity index (χ1v) is 9.68. The molecule has 27 heavy (non-hydrogen) atoms. The van der Waals surface area contributed by atoms with Crippen LogP contribution in [0.5, 0.6) is 5.75 Å². The summed E-state index contributed by atoms with van der Waals surface area (Å²) in [6.45, 7) is 7.84. The third kappa shape index (κ3) is 9.01. The number of likely N-dealkylation sites (tertiary alicyclic amines) is 1. The Morgan fingerprint density at radius 3 is 2.70 bits per heavy atom. The molecule has 0 aliphatic carbocycles. The zero-order chi connectivity index (χ0) is 18.8. The van der Waals surface area contributed by atoms with Crippen LogP contribution < -0.4 is 15.4 Å². The molecule has 1 unspecified atom stereocenters. The van der Waals surface area contributed by atoms with Crippen LogP contribution in [-0.4, -0.2) is 55.6 Å². The van der Waals surface area contributed by atoms with Gasteiger partial charge in [0, 0.05) is 37.6 Å². The molecular weight excluding hydrogens is 479 g/mol. The fourth-order valence-corrected chi connectivity index (χ4v) is 2.89. The molecule has 2 N–H and O–H groups in total. The Kier molecular flexibility index (Phi) is 11.5. The summed E-state index contributed by atoms with van der Waals surface area (Å²) in [7, 11) is 0. The van der Waals surface area contributed by atoms with Gasteiger partial charge in [-0.15, -0.1) is 24.0 Å². The minimum absolute atomic E-state index is 0. The number of hydrogen-bond donors (Lipinski definition) is 2. The summed E-state index contributed by atoms with van der Waals surface area (Å²) in [6.07, 6.45) is 2.55. The Balaban J connectivity index is 0.00000364. The van der Waals surface area contributed by atoms with E-state index in [1.54, 1.807) is 0 Å². The average Bonchev–Trinajstić information content (AvgIpc) is 3.03. The maximum atomic E-state index is 11.6. The SMILES string of the molecule is CCNC(=NCC(C)Oc1ccc(Cl)cc1)NCCCN1CCCC1=O.I. The smallest absolute Gasteiger partial charge is 0.222 e. The largest absolute Gasteiger partial charge is 0.489 e. The Bertz CT molecular complexity index is 598. The number of benzene rings is 1. The van der Waals surface area contributed by atoms with Gasteiger partial charge >= 0.3 is 0 Å². The van der Waals surface area contributed by atoms with Crippen LogP contribution in [0, 0.1) is 0 Å².